The van der Waals surface area contributed by atoms with E-state index >= 15 is 0 Å². The number of carbonyl (C=O) groups is 1. The number of anilines is 1. The van der Waals surface area contributed by atoms with Gasteiger partial charge in [0, 0.05) is 30.4 Å². The van der Waals surface area contributed by atoms with E-state index in [1.165, 1.54) is 11.1 Å². The molecule has 2 aliphatic rings. The Balaban J connectivity index is 1.22. The maximum Gasteiger partial charge on any atom is 0.246 e. The highest BCUT2D eigenvalue weighted by Gasteiger charge is 2.43. The van der Waals surface area contributed by atoms with Crippen LogP contribution >= 0.6 is 11.6 Å². The minimum Gasteiger partial charge on any atom is -0.370 e. The third-order valence-electron chi connectivity index (χ3n) is 6.40. The third kappa shape index (κ3) is 4.28. The molecule has 2 aliphatic heterocycles. The molecule has 168 valence electrons. The smallest absolute Gasteiger partial charge is 0.246 e. The average Bonchev–Trinajstić information content (AvgIpc) is 3.43. The van der Waals surface area contributed by atoms with Crippen molar-refractivity contribution in [3.8, 4) is 0 Å². The molecule has 3 aromatic rings. The molecule has 1 amide bonds. The zero-order valence-electron chi connectivity index (χ0n) is 17.9. The van der Waals surface area contributed by atoms with Crippen molar-refractivity contribution < 1.29 is 9.53 Å². The molecule has 0 aliphatic carbocycles. The van der Waals surface area contributed by atoms with Crippen LogP contribution in [-0.4, -0.2) is 55.2 Å². The SMILES string of the molecule is C[C@H]1C[C@@]2(CCN1Cc1cn(CC(=O)Nc3cn[nH]c3)nn1)OCCc1ccc(Cl)cc12. The van der Waals surface area contributed by atoms with E-state index in [1.807, 2.05) is 12.3 Å². The molecule has 32 heavy (non-hydrogen) atoms. The number of aromatic nitrogens is 5. The molecule has 9 nitrogen and oxygen atoms in total. The maximum absolute atomic E-state index is 12.2. The summed E-state index contributed by atoms with van der Waals surface area (Å²) in [6.07, 6.45) is 7.75. The van der Waals surface area contributed by atoms with Crippen molar-refractivity contribution in [1.29, 1.82) is 0 Å². The van der Waals surface area contributed by atoms with Gasteiger partial charge >= 0.3 is 0 Å². The lowest BCUT2D eigenvalue weighted by Crippen LogP contribution is -2.50. The van der Waals surface area contributed by atoms with E-state index in [1.54, 1.807) is 17.1 Å². The van der Waals surface area contributed by atoms with E-state index in [4.69, 9.17) is 16.3 Å². The van der Waals surface area contributed by atoms with Gasteiger partial charge in [0.15, 0.2) is 0 Å². The standard InChI is InChI=1S/C22H26ClN7O2/c1-15-9-22(20-8-17(23)3-2-16(20)4-7-32-22)5-6-29(15)12-19-13-30(28-27-19)14-21(31)26-18-10-24-25-11-18/h2-3,8,10-11,13,15H,4-7,9,12,14H2,1H3,(H,24,25)(H,26,31)/t15-,22+/m0/s1. The van der Waals surface area contributed by atoms with E-state index in [9.17, 15) is 4.79 Å². The lowest BCUT2D eigenvalue weighted by Gasteiger charge is -2.48. The van der Waals surface area contributed by atoms with E-state index in [0.717, 1.165) is 43.1 Å². The van der Waals surface area contributed by atoms with Crippen LogP contribution in [-0.2, 0) is 34.6 Å². The summed E-state index contributed by atoms with van der Waals surface area (Å²) in [5.74, 6) is -0.178. The number of piperidine rings is 1. The second kappa shape index (κ2) is 8.65. The number of likely N-dealkylation sites (tertiary alicyclic amines) is 1. The average molecular weight is 456 g/mol. The summed E-state index contributed by atoms with van der Waals surface area (Å²) in [7, 11) is 0. The number of H-pyrrole nitrogens is 1. The van der Waals surface area contributed by atoms with Crippen molar-refractivity contribution in [2.24, 2.45) is 0 Å². The summed E-state index contributed by atoms with van der Waals surface area (Å²) in [4.78, 5) is 14.5. The molecule has 1 spiro atoms. The molecule has 0 saturated carbocycles. The van der Waals surface area contributed by atoms with Crippen LogP contribution in [0.1, 0.15) is 36.6 Å². The van der Waals surface area contributed by atoms with Crippen molar-refractivity contribution in [3.05, 3.63) is 58.6 Å². The Labute approximate surface area is 191 Å². The first kappa shape index (κ1) is 21.1. The van der Waals surface area contributed by atoms with E-state index in [-0.39, 0.29) is 18.1 Å². The third-order valence-corrected chi connectivity index (χ3v) is 6.64. The monoisotopic (exact) mass is 455 g/mol. The Bertz CT molecular complexity index is 1100. The minimum atomic E-state index is -0.267. The van der Waals surface area contributed by atoms with Crippen LogP contribution in [0, 0.1) is 0 Å². The molecule has 1 saturated heterocycles. The number of hydrogen-bond acceptors (Lipinski definition) is 6. The molecule has 1 fully saturated rings. The number of hydrogen-bond donors (Lipinski definition) is 2. The molecule has 2 N–H and O–H groups in total. The predicted molar refractivity (Wildman–Crippen MR) is 119 cm³/mol. The molecule has 0 radical (unpaired) electrons. The lowest BCUT2D eigenvalue weighted by molar-refractivity contribution is -0.117. The number of carbonyl (C=O) groups excluding carboxylic acids is 1. The van der Waals surface area contributed by atoms with Gasteiger partial charge in [-0.15, -0.1) is 5.10 Å². The number of aromatic amines is 1. The van der Waals surface area contributed by atoms with Crippen LogP contribution in [0.15, 0.2) is 36.8 Å². The number of amides is 1. The molecule has 0 bridgehead atoms. The molecule has 2 atom stereocenters. The number of benzene rings is 1. The summed E-state index contributed by atoms with van der Waals surface area (Å²) in [5.41, 5.74) is 3.79. The molecule has 1 aromatic carbocycles. The van der Waals surface area contributed by atoms with Crippen LogP contribution in [0.5, 0.6) is 0 Å². The summed E-state index contributed by atoms with van der Waals surface area (Å²) in [6, 6.07) is 6.50. The fourth-order valence-electron chi connectivity index (χ4n) is 4.85. The maximum atomic E-state index is 12.2. The second-order valence-electron chi connectivity index (χ2n) is 8.61. The Morgan fingerprint density at radius 2 is 2.34 bits per heavy atom. The highest BCUT2D eigenvalue weighted by Crippen LogP contribution is 2.44. The normalized spacial score (nSPS) is 23.2. The van der Waals surface area contributed by atoms with E-state index in [0.29, 0.717) is 18.3 Å². The summed E-state index contributed by atoms with van der Waals surface area (Å²) in [6.45, 7) is 4.65. The first-order valence-electron chi connectivity index (χ1n) is 10.9. The largest absolute Gasteiger partial charge is 0.370 e. The first-order chi connectivity index (χ1) is 15.5. The lowest BCUT2D eigenvalue weighted by atomic mass is 9.77. The van der Waals surface area contributed by atoms with Gasteiger partial charge in [-0.3, -0.25) is 14.8 Å². The van der Waals surface area contributed by atoms with Crippen LogP contribution in [0.25, 0.3) is 0 Å². The molecular weight excluding hydrogens is 430 g/mol. The van der Waals surface area contributed by atoms with Gasteiger partial charge in [-0.2, -0.15) is 5.10 Å². The summed E-state index contributed by atoms with van der Waals surface area (Å²) < 4.78 is 7.94. The number of halogens is 1. The van der Waals surface area contributed by atoms with Gasteiger partial charge in [-0.25, -0.2) is 4.68 Å². The second-order valence-corrected chi connectivity index (χ2v) is 9.05. The van der Waals surface area contributed by atoms with Gasteiger partial charge in [0.1, 0.15) is 6.54 Å². The van der Waals surface area contributed by atoms with Gasteiger partial charge in [0.05, 0.1) is 36.0 Å². The van der Waals surface area contributed by atoms with Crippen LogP contribution in [0.3, 0.4) is 0 Å². The van der Waals surface area contributed by atoms with Gasteiger partial charge in [-0.1, -0.05) is 22.9 Å². The van der Waals surface area contributed by atoms with Crippen molar-refractivity contribution in [2.75, 3.05) is 18.5 Å². The topological polar surface area (TPSA) is 101 Å². The molecule has 5 rings (SSSR count). The number of nitrogens with one attached hydrogen (secondary N) is 2. The molecule has 10 heteroatoms. The molecular formula is C22H26ClN7O2. The predicted octanol–water partition coefficient (Wildman–Crippen LogP) is 2.75. The number of fused-ring (bicyclic) bond motifs is 2. The van der Waals surface area contributed by atoms with Crippen LogP contribution in [0.4, 0.5) is 5.69 Å². The molecule has 4 heterocycles. The highest BCUT2D eigenvalue weighted by atomic mass is 35.5. The fraction of sp³-hybridized carbons (Fsp3) is 0.455. The van der Waals surface area contributed by atoms with Gasteiger partial charge < -0.3 is 10.1 Å². The number of ether oxygens (including phenoxy) is 1. The van der Waals surface area contributed by atoms with Crippen LogP contribution in [0.2, 0.25) is 5.02 Å². The van der Waals surface area contributed by atoms with Crippen molar-refractivity contribution in [3.63, 3.8) is 0 Å². The zero-order valence-corrected chi connectivity index (χ0v) is 18.7. The fourth-order valence-corrected chi connectivity index (χ4v) is 5.02. The van der Waals surface area contributed by atoms with Gasteiger partial charge in [0.2, 0.25) is 5.91 Å². The highest BCUT2D eigenvalue weighted by molar-refractivity contribution is 6.30. The van der Waals surface area contributed by atoms with Crippen molar-refractivity contribution in [2.45, 2.75) is 50.9 Å². The number of nitrogens with zero attached hydrogens (tertiary/aromatic N) is 5. The van der Waals surface area contributed by atoms with E-state index < -0.39 is 0 Å². The summed E-state index contributed by atoms with van der Waals surface area (Å²) in [5, 5.41) is 18.4. The zero-order chi connectivity index (χ0) is 22.1. The van der Waals surface area contributed by atoms with Crippen molar-refractivity contribution in [1.82, 2.24) is 30.1 Å². The quantitative estimate of drug-likeness (QED) is 0.613. The van der Waals surface area contributed by atoms with Gasteiger partial charge in [0.25, 0.3) is 0 Å². The van der Waals surface area contributed by atoms with Gasteiger partial charge in [-0.05, 0) is 49.4 Å². The number of rotatable bonds is 5. The molecule has 0 unspecified atom stereocenters. The Morgan fingerprint density at radius 1 is 1.44 bits per heavy atom. The Kier molecular flexibility index (Phi) is 5.71. The Morgan fingerprint density at radius 3 is 3.16 bits per heavy atom. The summed E-state index contributed by atoms with van der Waals surface area (Å²) >= 11 is 6.31. The minimum absolute atomic E-state index is 0.0994. The first-order valence-corrected chi connectivity index (χ1v) is 11.2. The van der Waals surface area contributed by atoms with E-state index in [2.05, 4.69) is 49.8 Å². The molecule has 2 aromatic heterocycles. The van der Waals surface area contributed by atoms with Crippen molar-refractivity contribution >= 4 is 23.2 Å². The van der Waals surface area contributed by atoms with Crippen LogP contribution < -0.4 is 5.32 Å². The Hall–Kier alpha value is -2.75.